The van der Waals surface area contributed by atoms with Gasteiger partial charge in [0, 0.05) is 32.1 Å². The van der Waals surface area contributed by atoms with Crippen LogP contribution in [-0.4, -0.2) is 42.0 Å². The molecule has 4 nitrogen and oxygen atoms in total. The van der Waals surface area contributed by atoms with Crippen molar-refractivity contribution >= 4 is 32.6 Å². The fraction of sp³-hybridized carbons (Fsp3) is 0.556. The zero-order chi connectivity index (χ0) is 16.5. The van der Waals surface area contributed by atoms with Crippen LogP contribution >= 0.6 is 11.3 Å². The Hall–Kier alpha value is -1.69. The average molecular weight is 347 g/mol. The summed E-state index contributed by atoms with van der Waals surface area (Å²) in [6.45, 7) is 3.14. The highest BCUT2D eigenvalue weighted by molar-refractivity contribution is 7.22. The van der Waals surface area contributed by atoms with Crippen molar-refractivity contribution < 1.29 is 9.18 Å². The van der Waals surface area contributed by atoms with Crippen molar-refractivity contribution in [3.63, 3.8) is 0 Å². The molecule has 1 aliphatic heterocycles. The average Bonchev–Trinajstić information content (AvgIpc) is 3.05. The van der Waals surface area contributed by atoms with Crippen molar-refractivity contribution in [3.8, 4) is 0 Å². The molecule has 2 fully saturated rings. The van der Waals surface area contributed by atoms with Crippen molar-refractivity contribution in [2.24, 2.45) is 5.92 Å². The molecular weight excluding hydrogens is 325 g/mol. The lowest BCUT2D eigenvalue weighted by Crippen LogP contribution is -2.50. The van der Waals surface area contributed by atoms with Crippen LogP contribution in [-0.2, 0) is 4.79 Å². The van der Waals surface area contributed by atoms with Gasteiger partial charge in [-0.25, -0.2) is 9.37 Å². The molecule has 0 spiro atoms. The Kier molecular flexibility index (Phi) is 4.39. The van der Waals surface area contributed by atoms with E-state index in [4.69, 9.17) is 0 Å². The molecule has 0 bridgehead atoms. The molecule has 1 amide bonds. The third kappa shape index (κ3) is 3.11. The number of aromatic nitrogens is 1. The zero-order valence-electron chi connectivity index (χ0n) is 13.7. The number of carbonyl (C=O) groups excluding carboxylic acids is 1. The summed E-state index contributed by atoms with van der Waals surface area (Å²) in [5.41, 5.74) is 0.845. The van der Waals surface area contributed by atoms with Gasteiger partial charge in [-0.3, -0.25) is 4.79 Å². The van der Waals surface area contributed by atoms with Crippen LogP contribution in [0.25, 0.3) is 10.2 Å². The number of rotatable bonds is 2. The lowest BCUT2D eigenvalue weighted by Gasteiger charge is -2.37. The van der Waals surface area contributed by atoms with E-state index in [1.165, 1.54) is 36.7 Å². The molecule has 1 aliphatic carbocycles. The van der Waals surface area contributed by atoms with E-state index in [0.29, 0.717) is 5.91 Å². The number of hydrogen-bond acceptors (Lipinski definition) is 4. The number of fused-ring (bicyclic) bond motifs is 1. The Bertz CT molecular complexity index is 733. The zero-order valence-corrected chi connectivity index (χ0v) is 14.5. The summed E-state index contributed by atoms with van der Waals surface area (Å²) in [7, 11) is 0. The predicted octanol–water partition coefficient (Wildman–Crippen LogP) is 3.66. The van der Waals surface area contributed by atoms with Gasteiger partial charge in [0.1, 0.15) is 5.82 Å². The van der Waals surface area contributed by atoms with E-state index in [1.807, 2.05) is 4.90 Å². The maximum absolute atomic E-state index is 13.3. The molecule has 1 saturated heterocycles. The molecule has 2 aliphatic rings. The largest absolute Gasteiger partial charge is 0.345 e. The molecule has 24 heavy (non-hydrogen) atoms. The van der Waals surface area contributed by atoms with Gasteiger partial charge in [0.15, 0.2) is 5.13 Å². The summed E-state index contributed by atoms with van der Waals surface area (Å²) >= 11 is 1.53. The van der Waals surface area contributed by atoms with Crippen LogP contribution < -0.4 is 4.90 Å². The maximum Gasteiger partial charge on any atom is 0.225 e. The van der Waals surface area contributed by atoms with Crippen LogP contribution in [0.15, 0.2) is 18.2 Å². The van der Waals surface area contributed by atoms with Crippen LogP contribution in [0.2, 0.25) is 0 Å². The van der Waals surface area contributed by atoms with Crippen molar-refractivity contribution in [1.82, 2.24) is 9.88 Å². The van der Waals surface area contributed by atoms with Gasteiger partial charge in [-0.1, -0.05) is 30.6 Å². The first-order valence-electron chi connectivity index (χ1n) is 8.80. The number of thiazole rings is 1. The van der Waals surface area contributed by atoms with Gasteiger partial charge in [-0.05, 0) is 31.0 Å². The summed E-state index contributed by atoms with van der Waals surface area (Å²) < 4.78 is 14.2. The molecule has 1 aromatic heterocycles. The van der Waals surface area contributed by atoms with Crippen molar-refractivity contribution in [2.45, 2.75) is 32.1 Å². The van der Waals surface area contributed by atoms with Gasteiger partial charge < -0.3 is 9.80 Å². The van der Waals surface area contributed by atoms with Crippen molar-refractivity contribution in [3.05, 3.63) is 24.0 Å². The summed E-state index contributed by atoms with van der Waals surface area (Å²) in [5, 5.41) is 0.931. The fourth-order valence-corrected chi connectivity index (χ4v) is 4.79. The van der Waals surface area contributed by atoms with Crippen LogP contribution in [0.1, 0.15) is 32.1 Å². The van der Waals surface area contributed by atoms with Crippen molar-refractivity contribution in [1.29, 1.82) is 0 Å². The molecule has 128 valence electrons. The van der Waals surface area contributed by atoms with Gasteiger partial charge in [-0.15, -0.1) is 0 Å². The molecule has 6 heteroatoms. The Balaban J connectivity index is 1.40. The van der Waals surface area contributed by atoms with E-state index in [9.17, 15) is 9.18 Å². The number of halogens is 1. The van der Waals surface area contributed by atoms with E-state index >= 15 is 0 Å². The summed E-state index contributed by atoms with van der Waals surface area (Å²) in [6.07, 6.45) is 5.78. The molecule has 2 heterocycles. The highest BCUT2D eigenvalue weighted by atomic mass is 32.1. The second-order valence-electron chi connectivity index (χ2n) is 6.76. The second-order valence-corrected chi connectivity index (χ2v) is 7.76. The summed E-state index contributed by atoms with van der Waals surface area (Å²) in [4.78, 5) is 21.5. The minimum atomic E-state index is -0.222. The molecule has 1 aromatic carbocycles. The Morgan fingerprint density at radius 3 is 2.62 bits per heavy atom. The maximum atomic E-state index is 13.3. The lowest BCUT2D eigenvalue weighted by molar-refractivity contribution is -0.136. The third-order valence-electron chi connectivity index (χ3n) is 5.16. The van der Waals surface area contributed by atoms with E-state index < -0.39 is 0 Å². The molecule has 2 aromatic rings. The van der Waals surface area contributed by atoms with E-state index in [1.54, 1.807) is 12.1 Å². The number of benzene rings is 1. The number of amides is 1. The Morgan fingerprint density at radius 1 is 1.12 bits per heavy atom. The fourth-order valence-electron chi connectivity index (χ4n) is 3.75. The predicted molar refractivity (Wildman–Crippen MR) is 94.9 cm³/mol. The molecule has 0 N–H and O–H groups in total. The van der Waals surface area contributed by atoms with E-state index in [-0.39, 0.29) is 11.7 Å². The molecule has 4 rings (SSSR count). The van der Waals surface area contributed by atoms with Crippen molar-refractivity contribution in [2.75, 3.05) is 31.1 Å². The summed E-state index contributed by atoms with van der Waals surface area (Å²) in [6, 6.07) is 4.72. The van der Waals surface area contributed by atoms with Crippen LogP contribution in [0.4, 0.5) is 9.52 Å². The standard InChI is InChI=1S/C18H22FN3OS/c19-14-6-7-15-16(12-14)24-18(20-15)22-10-8-21(9-11-22)17(23)13-4-2-1-3-5-13/h6-7,12-13H,1-5,8-11H2. The molecule has 0 radical (unpaired) electrons. The SMILES string of the molecule is O=C(C1CCCCC1)N1CCN(c2nc3ccc(F)cc3s2)CC1. The smallest absolute Gasteiger partial charge is 0.225 e. The Morgan fingerprint density at radius 2 is 1.88 bits per heavy atom. The van der Waals surface area contributed by atoms with Gasteiger partial charge in [0.2, 0.25) is 5.91 Å². The topological polar surface area (TPSA) is 36.4 Å². The third-order valence-corrected chi connectivity index (χ3v) is 6.23. The first-order valence-corrected chi connectivity index (χ1v) is 9.62. The van der Waals surface area contributed by atoms with E-state index in [0.717, 1.165) is 54.4 Å². The molecule has 1 saturated carbocycles. The highest BCUT2D eigenvalue weighted by Crippen LogP contribution is 2.30. The van der Waals surface area contributed by atoms with Crippen LogP contribution in [0.3, 0.4) is 0 Å². The highest BCUT2D eigenvalue weighted by Gasteiger charge is 2.29. The first-order chi connectivity index (χ1) is 11.7. The van der Waals surface area contributed by atoms with Gasteiger partial charge in [-0.2, -0.15) is 0 Å². The van der Waals surface area contributed by atoms with Gasteiger partial charge >= 0.3 is 0 Å². The normalized spacial score (nSPS) is 19.9. The lowest BCUT2D eigenvalue weighted by atomic mass is 9.88. The quantitative estimate of drug-likeness (QED) is 0.832. The number of hydrogen-bond donors (Lipinski definition) is 0. The number of carbonyl (C=O) groups is 1. The molecule has 0 atom stereocenters. The number of piperazine rings is 1. The second kappa shape index (κ2) is 6.67. The van der Waals surface area contributed by atoms with Gasteiger partial charge in [0.25, 0.3) is 0 Å². The van der Waals surface area contributed by atoms with E-state index in [2.05, 4.69) is 9.88 Å². The minimum absolute atomic E-state index is 0.222. The molecule has 0 unspecified atom stereocenters. The van der Waals surface area contributed by atoms with Gasteiger partial charge in [0.05, 0.1) is 10.2 Å². The van der Waals surface area contributed by atoms with Crippen LogP contribution in [0, 0.1) is 11.7 Å². The number of nitrogens with zero attached hydrogens (tertiary/aromatic N) is 3. The monoisotopic (exact) mass is 347 g/mol. The minimum Gasteiger partial charge on any atom is -0.345 e. The van der Waals surface area contributed by atoms with Crippen LogP contribution in [0.5, 0.6) is 0 Å². The Labute approximate surface area is 145 Å². The number of anilines is 1. The molecular formula is C18H22FN3OS. The summed E-state index contributed by atoms with van der Waals surface area (Å²) in [5.74, 6) is 0.372. The first kappa shape index (κ1) is 15.8.